The molecular formula is C21H24N8O. The number of nitrogens with two attached hydrogens (primary N) is 2. The Morgan fingerprint density at radius 3 is 2.70 bits per heavy atom. The second-order valence-electron chi connectivity index (χ2n) is 8.42. The molecule has 5 rings (SSSR count). The van der Waals surface area contributed by atoms with Crippen molar-refractivity contribution in [2.24, 2.45) is 12.8 Å². The second-order valence-corrected chi connectivity index (χ2v) is 8.42. The van der Waals surface area contributed by atoms with Crippen molar-refractivity contribution in [3.63, 3.8) is 0 Å². The maximum Gasteiger partial charge on any atom is 0.268 e. The highest BCUT2D eigenvalue weighted by molar-refractivity contribution is 5.84. The molecule has 0 bridgehead atoms. The topological polar surface area (TPSA) is 135 Å². The third-order valence-electron chi connectivity index (χ3n) is 6.03. The molecule has 3 aromatic heterocycles. The number of aromatic nitrogens is 6. The zero-order chi connectivity index (χ0) is 20.9. The number of imidazole rings is 1. The fraction of sp³-hybridized carbons (Fsp3) is 0.381. The van der Waals surface area contributed by atoms with Gasteiger partial charge in [-0.1, -0.05) is 6.07 Å². The molecule has 0 radical (unpaired) electrons. The van der Waals surface area contributed by atoms with Crippen molar-refractivity contribution in [2.45, 2.75) is 44.1 Å². The molecule has 0 saturated heterocycles. The van der Waals surface area contributed by atoms with Crippen LogP contribution in [0.25, 0.3) is 33.9 Å². The number of anilines is 1. The Kier molecular flexibility index (Phi) is 4.28. The lowest BCUT2D eigenvalue weighted by Crippen LogP contribution is -2.39. The Hall–Kier alpha value is -3.33. The number of benzene rings is 1. The summed E-state index contributed by atoms with van der Waals surface area (Å²) in [6, 6.07) is 5.94. The Morgan fingerprint density at radius 1 is 1.17 bits per heavy atom. The molecule has 4 N–H and O–H groups in total. The zero-order valence-electron chi connectivity index (χ0n) is 17.0. The summed E-state index contributed by atoms with van der Waals surface area (Å²) in [4.78, 5) is 14.1. The van der Waals surface area contributed by atoms with Gasteiger partial charge in [-0.25, -0.2) is 15.0 Å². The van der Waals surface area contributed by atoms with Crippen LogP contribution in [0, 0.1) is 0 Å². The minimum atomic E-state index is -0.141. The van der Waals surface area contributed by atoms with Gasteiger partial charge in [0.1, 0.15) is 17.2 Å². The Bertz CT molecular complexity index is 1200. The van der Waals surface area contributed by atoms with Crippen LogP contribution in [0.4, 0.5) is 5.82 Å². The number of fused-ring (bicyclic) bond motifs is 1. The lowest BCUT2D eigenvalue weighted by molar-refractivity contribution is 0.292. The van der Waals surface area contributed by atoms with Crippen molar-refractivity contribution in [1.82, 2.24) is 29.7 Å². The van der Waals surface area contributed by atoms with Crippen LogP contribution < -0.4 is 11.5 Å². The molecule has 0 aliphatic heterocycles. The van der Waals surface area contributed by atoms with Gasteiger partial charge >= 0.3 is 0 Å². The van der Waals surface area contributed by atoms with Crippen molar-refractivity contribution >= 4 is 16.9 Å². The van der Waals surface area contributed by atoms with Gasteiger partial charge in [-0.05, 0) is 44.7 Å². The summed E-state index contributed by atoms with van der Waals surface area (Å²) in [7, 11) is 1.96. The second kappa shape index (κ2) is 6.88. The van der Waals surface area contributed by atoms with E-state index in [1.807, 2.05) is 29.8 Å². The predicted molar refractivity (Wildman–Crippen MR) is 113 cm³/mol. The summed E-state index contributed by atoms with van der Waals surface area (Å²) in [5.74, 6) is 0.925. The molecule has 1 aromatic carbocycles. The van der Waals surface area contributed by atoms with Crippen LogP contribution in [0.3, 0.4) is 0 Å². The first-order valence-corrected chi connectivity index (χ1v) is 10.1. The van der Waals surface area contributed by atoms with Crippen LogP contribution in [0.5, 0.6) is 0 Å². The summed E-state index contributed by atoms with van der Waals surface area (Å²) in [6.07, 6.45) is 6.75. The van der Waals surface area contributed by atoms with Crippen molar-refractivity contribution < 1.29 is 4.42 Å². The smallest absolute Gasteiger partial charge is 0.268 e. The minimum absolute atomic E-state index is 0.141. The van der Waals surface area contributed by atoms with Gasteiger partial charge in [-0.3, -0.25) is 0 Å². The van der Waals surface area contributed by atoms with Crippen LogP contribution in [-0.4, -0.2) is 35.3 Å². The van der Waals surface area contributed by atoms with Gasteiger partial charge in [-0.15, -0.1) is 10.2 Å². The molecule has 154 valence electrons. The molecule has 4 aromatic rings. The van der Waals surface area contributed by atoms with Crippen LogP contribution in [-0.2, 0) is 7.05 Å². The van der Waals surface area contributed by atoms with E-state index in [2.05, 4.69) is 22.1 Å². The largest absolute Gasteiger partial charge is 0.422 e. The first-order valence-electron chi connectivity index (χ1n) is 10.1. The molecule has 9 nitrogen and oxygen atoms in total. The Morgan fingerprint density at radius 2 is 1.97 bits per heavy atom. The van der Waals surface area contributed by atoms with Gasteiger partial charge in [0.15, 0.2) is 0 Å². The Balaban J connectivity index is 1.62. The molecular weight excluding hydrogens is 380 g/mol. The number of hydrogen-bond donors (Lipinski definition) is 2. The number of aryl methyl sites for hydroxylation is 1. The van der Waals surface area contributed by atoms with Crippen LogP contribution in [0.15, 0.2) is 35.3 Å². The van der Waals surface area contributed by atoms with Gasteiger partial charge in [0.2, 0.25) is 6.39 Å². The fourth-order valence-electron chi connectivity index (χ4n) is 4.23. The number of rotatable bonds is 3. The molecule has 0 amide bonds. The molecule has 1 aliphatic carbocycles. The molecule has 3 heterocycles. The maximum absolute atomic E-state index is 6.39. The standard InChI is InChI=1S/C21H24N8O/c1-21(23)7-5-12(6-8-21)16-18(20-28-25-11-30-20)26-17(19(22)27-16)13-3-4-15-14(9-13)24-10-29(15)2/h3-4,9-12H,5-8,23H2,1-2H3,(H2,22,27). The quantitative estimate of drug-likeness (QED) is 0.532. The van der Waals surface area contributed by atoms with E-state index < -0.39 is 0 Å². The number of hydrogen-bond acceptors (Lipinski definition) is 8. The SMILES string of the molecule is Cn1cnc2cc(-c3nc(-c4nnco4)c(C4CCC(C)(N)CC4)nc3N)ccc21. The minimum Gasteiger partial charge on any atom is -0.422 e. The highest BCUT2D eigenvalue weighted by atomic mass is 16.4. The van der Waals surface area contributed by atoms with E-state index in [-0.39, 0.29) is 11.5 Å². The first-order chi connectivity index (χ1) is 14.4. The van der Waals surface area contributed by atoms with Crippen molar-refractivity contribution in [2.75, 3.05) is 5.73 Å². The molecule has 30 heavy (non-hydrogen) atoms. The van der Waals surface area contributed by atoms with Crippen LogP contribution in [0.2, 0.25) is 0 Å². The van der Waals surface area contributed by atoms with Crippen LogP contribution in [0.1, 0.15) is 44.2 Å². The monoisotopic (exact) mass is 404 g/mol. The summed E-state index contributed by atoms with van der Waals surface area (Å²) in [5.41, 5.74) is 17.3. The third kappa shape index (κ3) is 3.21. The van der Waals surface area contributed by atoms with Gasteiger partial charge in [0.25, 0.3) is 5.89 Å². The molecule has 0 spiro atoms. The number of nitrogen functional groups attached to an aromatic ring is 1. The molecule has 0 atom stereocenters. The van der Waals surface area contributed by atoms with E-state index in [0.717, 1.165) is 48.0 Å². The third-order valence-corrected chi connectivity index (χ3v) is 6.03. The molecule has 1 fully saturated rings. The summed E-state index contributed by atoms with van der Waals surface area (Å²) in [5, 5.41) is 7.92. The highest BCUT2D eigenvalue weighted by Crippen LogP contribution is 2.40. The van der Waals surface area contributed by atoms with E-state index in [4.69, 9.17) is 25.9 Å². The van der Waals surface area contributed by atoms with Crippen LogP contribution >= 0.6 is 0 Å². The molecule has 1 aliphatic rings. The van der Waals surface area contributed by atoms with E-state index in [0.29, 0.717) is 23.1 Å². The van der Waals surface area contributed by atoms with E-state index in [1.54, 1.807) is 6.33 Å². The first kappa shape index (κ1) is 18.7. The normalized spacial score (nSPS) is 21.9. The van der Waals surface area contributed by atoms with Gasteiger partial charge in [-0.2, -0.15) is 0 Å². The van der Waals surface area contributed by atoms with Gasteiger partial charge in [0, 0.05) is 24.1 Å². The van der Waals surface area contributed by atoms with E-state index in [1.165, 1.54) is 6.39 Å². The highest BCUT2D eigenvalue weighted by Gasteiger charge is 2.32. The average Bonchev–Trinajstić information content (AvgIpc) is 3.38. The molecule has 0 unspecified atom stereocenters. The lowest BCUT2D eigenvalue weighted by Gasteiger charge is -2.34. The molecule has 1 saturated carbocycles. The van der Waals surface area contributed by atoms with Crippen molar-refractivity contribution in [1.29, 1.82) is 0 Å². The van der Waals surface area contributed by atoms with Gasteiger partial charge in [0.05, 0.1) is 23.1 Å². The Labute approximate surface area is 173 Å². The lowest BCUT2D eigenvalue weighted by atomic mass is 9.76. The summed E-state index contributed by atoms with van der Waals surface area (Å²) in [6.45, 7) is 2.10. The van der Waals surface area contributed by atoms with E-state index >= 15 is 0 Å². The summed E-state index contributed by atoms with van der Waals surface area (Å²) >= 11 is 0. The maximum atomic E-state index is 6.39. The van der Waals surface area contributed by atoms with Crippen molar-refractivity contribution in [3.05, 3.63) is 36.6 Å². The number of nitrogens with zero attached hydrogens (tertiary/aromatic N) is 6. The van der Waals surface area contributed by atoms with E-state index in [9.17, 15) is 0 Å². The summed E-state index contributed by atoms with van der Waals surface area (Å²) < 4.78 is 7.46. The zero-order valence-corrected chi connectivity index (χ0v) is 17.0. The predicted octanol–water partition coefficient (Wildman–Crippen LogP) is 3.04. The average molecular weight is 404 g/mol. The molecule has 9 heteroatoms. The fourth-order valence-corrected chi connectivity index (χ4v) is 4.23. The van der Waals surface area contributed by atoms with Crippen molar-refractivity contribution in [3.8, 4) is 22.8 Å². The van der Waals surface area contributed by atoms with Gasteiger partial charge < -0.3 is 20.5 Å².